The van der Waals surface area contributed by atoms with Gasteiger partial charge < -0.3 is 14.7 Å². The minimum atomic E-state index is -0.435. The number of piperazine rings is 1. The van der Waals surface area contributed by atoms with Crippen LogP contribution < -0.4 is 0 Å². The van der Waals surface area contributed by atoms with Gasteiger partial charge >= 0.3 is 0 Å². The van der Waals surface area contributed by atoms with Crippen LogP contribution in [0.5, 0.6) is 0 Å². The molecule has 0 spiro atoms. The van der Waals surface area contributed by atoms with Crippen molar-refractivity contribution < 1.29 is 14.0 Å². The van der Waals surface area contributed by atoms with Crippen molar-refractivity contribution >= 4 is 11.8 Å². The smallest absolute Gasteiger partial charge is 0.254 e. The van der Waals surface area contributed by atoms with Crippen LogP contribution >= 0.6 is 0 Å². The number of rotatable bonds is 5. The number of piperidine rings is 1. The monoisotopic (exact) mass is 361 g/mol. The topological polar surface area (TPSA) is 43.9 Å². The van der Waals surface area contributed by atoms with Gasteiger partial charge in [0.15, 0.2) is 0 Å². The summed E-state index contributed by atoms with van der Waals surface area (Å²) in [5.74, 6) is -0.699. The molecule has 0 atom stereocenters. The lowest BCUT2D eigenvalue weighted by Gasteiger charge is -2.42. The summed E-state index contributed by atoms with van der Waals surface area (Å²) in [6.45, 7) is 6.60. The van der Waals surface area contributed by atoms with Crippen LogP contribution in [-0.4, -0.2) is 71.8 Å². The molecule has 2 aliphatic heterocycles. The van der Waals surface area contributed by atoms with E-state index in [1.165, 1.54) is 35.9 Å². The van der Waals surface area contributed by atoms with Crippen molar-refractivity contribution in [3.63, 3.8) is 0 Å². The van der Waals surface area contributed by atoms with E-state index in [0.717, 1.165) is 32.5 Å². The first-order valence-corrected chi connectivity index (χ1v) is 9.65. The van der Waals surface area contributed by atoms with Crippen molar-refractivity contribution in [1.82, 2.24) is 14.7 Å². The van der Waals surface area contributed by atoms with Crippen LogP contribution in [0.4, 0.5) is 4.39 Å². The summed E-state index contributed by atoms with van der Waals surface area (Å²) in [4.78, 5) is 31.1. The van der Waals surface area contributed by atoms with Gasteiger partial charge in [0.05, 0.1) is 0 Å². The first-order chi connectivity index (χ1) is 12.6. The second kappa shape index (κ2) is 8.62. The number of halogens is 1. The fraction of sp³-hybridized carbons (Fsp3) is 0.600. The molecule has 142 valence electrons. The van der Waals surface area contributed by atoms with Crippen LogP contribution in [-0.2, 0) is 4.79 Å². The van der Waals surface area contributed by atoms with Crippen LogP contribution in [0.2, 0.25) is 0 Å². The first-order valence-electron chi connectivity index (χ1n) is 9.65. The molecule has 0 aliphatic carbocycles. The largest absolute Gasteiger partial charge is 0.336 e. The zero-order valence-corrected chi connectivity index (χ0v) is 15.5. The van der Waals surface area contributed by atoms with Gasteiger partial charge in [-0.3, -0.25) is 9.59 Å². The molecule has 0 N–H and O–H groups in total. The number of carbonyl (C=O) groups excluding carboxylic acids is 2. The minimum absolute atomic E-state index is 0.00742. The Hall–Kier alpha value is -1.95. The first kappa shape index (κ1) is 18.8. The van der Waals surface area contributed by atoms with Crippen molar-refractivity contribution in [1.29, 1.82) is 0 Å². The number of benzene rings is 1. The van der Waals surface area contributed by atoms with Crippen molar-refractivity contribution in [2.45, 2.75) is 38.6 Å². The molecule has 1 aromatic carbocycles. The third-order valence-corrected chi connectivity index (χ3v) is 5.44. The number of hydrogen-bond acceptors (Lipinski definition) is 3. The van der Waals surface area contributed by atoms with Crippen LogP contribution in [0.3, 0.4) is 0 Å². The zero-order valence-electron chi connectivity index (χ0n) is 15.5. The van der Waals surface area contributed by atoms with Gasteiger partial charge in [-0.25, -0.2) is 4.39 Å². The Labute approximate surface area is 154 Å². The molecule has 0 bridgehead atoms. The van der Waals surface area contributed by atoms with E-state index < -0.39 is 5.82 Å². The van der Waals surface area contributed by atoms with Crippen LogP contribution in [0.25, 0.3) is 0 Å². The second-order valence-corrected chi connectivity index (χ2v) is 7.25. The van der Waals surface area contributed by atoms with Gasteiger partial charge in [-0.15, -0.1) is 0 Å². The number of unbranched alkanes of at least 4 members (excludes halogenated alkanes) is 1. The highest BCUT2D eigenvalue weighted by Gasteiger charge is 2.33. The van der Waals surface area contributed by atoms with E-state index in [4.69, 9.17) is 0 Å². The molecule has 2 amide bonds. The molecule has 5 nitrogen and oxygen atoms in total. The molecule has 0 radical (unpaired) electrons. The van der Waals surface area contributed by atoms with E-state index in [-0.39, 0.29) is 24.4 Å². The third kappa shape index (κ3) is 4.41. The molecule has 1 aromatic rings. The quantitative estimate of drug-likeness (QED) is 0.809. The Morgan fingerprint density at radius 3 is 2.62 bits per heavy atom. The zero-order chi connectivity index (χ0) is 18.5. The van der Waals surface area contributed by atoms with Gasteiger partial charge in [0.2, 0.25) is 5.91 Å². The molecule has 0 saturated carbocycles. The van der Waals surface area contributed by atoms with Crippen molar-refractivity contribution in [2.75, 3.05) is 39.3 Å². The summed E-state index contributed by atoms with van der Waals surface area (Å²) in [6.07, 6.45) is 4.45. The summed E-state index contributed by atoms with van der Waals surface area (Å²) in [5.41, 5.74) is 0.301. The molecule has 2 aliphatic rings. The van der Waals surface area contributed by atoms with Crippen molar-refractivity contribution in [2.24, 2.45) is 0 Å². The lowest BCUT2D eigenvalue weighted by Crippen LogP contribution is -2.57. The third-order valence-electron chi connectivity index (χ3n) is 5.44. The average Bonchev–Trinajstić information content (AvgIpc) is 2.66. The number of likely N-dealkylation sites (tertiary alicyclic amines) is 1. The average molecular weight is 361 g/mol. The van der Waals surface area contributed by atoms with Crippen molar-refractivity contribution in [3.05, 3.63) is 35.6 Å². The lowest BCUT2D eigenvalue weighted by molar-refractivity contribution is -0.138. The molecule has 2 saturated heterocycles. The van der Waals surface area contributed by atoms with E-state index in [1.807, 2.05) is 4.90 Å². The molecule has 2 heterocycles. The highest BCUT2D eigenvalue weighted by molar-refractivity contribution is 5.97. The molecular weight excluding hydrogens is 333 g/mol. The summed E-state index contributed by atoms with van der Waals surface area (Å²) in [7, 11) is 0. The molecule has 2 fully saturated rings. The fourth-order valence-corrected chi connectivity index (χ4v) is 3.89. The Bertz CT molecular complexity index is 644. The highest BCUT2D eigenvalue weighted by Crippen LogP contribution is 2.20. The number of hydrogen-bond donors (Lipinski definition) is 0. The van der Waals surface area contributed by atoms with E-state index in [1.54, 1.807) is 6.07 Å². The summed E-state index contributed by atoms with van der Waals surface area (Å²) < 4.78 is 13.3. The van der Waals surface area contributed by atoms with Crippen LogP contribution in [0, 0.1) is 5.82 Å². The van der Waals surface area contributed by atoms with E-state index in [9.17, 15) is 14.0 Å². The number of amides is 2. The maximum Gasteiger partial charge on any atom is 0.254 e. The standard InChI is InChI=1S/C20H28FN3O2/c1-2-3-9-22-10-7-18(8-11-22)24-13-12-23(15-19(24)25)20(26)16-5-4-6-17(21)14-16/h4-6,14,18H,2-3,7-13,15H2,1H3. The summed E-state index contributed by atoms with van der Waals surface area (Å²) in [5, 5.41) is 0. The Balaban J connectivity index is 1.53. The predicted octanol–water partition coefficient (Wildman–Crippen LogP) is 2.37. The predicted molar refractivity (Wildman–Crippen MR) is 98.4 cm³/mol. The van der Waals surface area contributed by atoms with E-state index in [2.05, 4.69) is 11.8 Å². The molecule has 6 heteroatoms. The Kier molecular flexibility index (Phi) is 6.25. The van der Waals surface area contributed by atoms with E-state index >= 15 is 0 Å². The SMILES string of the molecule is CCCCN1CCC(N2CCN(C(=O)c3cccc(F)c3)CC2=O)CC1. The number of nitrogens with zero attached hydrogens (tertiary/aromatic N) is 3. The minimum Gasteiger partial charge on any atom is -0.336 e. The molecule has 0 aromatic heterocycles. The van der Waals surface area contributed by atoms with E-state index in [0.29, 0.717) is 18.7 Å². The van der Waals surface area contributed by atoms with Gasteiger partial charge in [-0.2, -0.15) is 0 Å². The molecular formula is C20H28FN3O2. The Morgan fingerprint density at radius 2 is 1.96 bits per heavy atom. The van der Waals surface area contributed by atoms with Gasteiger partial charge in [0, 0.05) is 37.8 Å². The molecule has 3 rings (SSSR count). The van der Waals surface area contributed by atoms with Gasteiger partial charge in [0.1, 0.15) is 12.4 Å². The maximum absolute atomic E-state index is 13.3. The molecule has 26 heavy (non-hydrogen) atoms. The van der Waals surface area contributed by atoms with Gasteiger partial charge in [-0.1, -0.05) is 19.4 Å². The lowest BCUT2D eigenvalue weighted by atomic mass is 10.0. The van der Waals surface area contributed by atoms with Gasteiger partial charge in [0.25, 0.3) is 5.91 Å². The normalized spacial score (nSPS) is 19.8. The highest BCUT2D eigenvalue weighted by atomic mass is 19.1. The van der Waals surface area contributed by atoms with Crippen molar-refractivity contribution in [3.8, 4) is 0 Å². The maximum atomic E-state index is 13.3. The summed E-state index contributed by atoms with van der Waals surface area (Å²) in [6, 6.07) is 5.94. The second-order valence-electron chi connectivity index (χ2n) is 7.25. The summed E-state index contributed by atoms with van der Waals surface area (Å²) >= 11 is 0. The Morgan fingerprint density at radius 1 is 1.19 bits per heavy atom. The van der Waals surface area contributed by atoms with Crippen LogP contribution in [0.1, 0.15) is 43.0 Å². The van der Waals surface area contributed by atoms with Crippen LogP contribution in [0.15, 0.2) is 24.3 Å². The van der Waals surface area contributed by atoms with Gasteiger partial charge in [-0.05, 0) is 44.0 Å². The fourth-order valence-electron chi connectivity index (χ4n) is 3.89. The number of carbonyl (C=O) groups is 2. The molecule has 0 unspecified atom stereocenters.